The maximum atomic E-state index is 12.7. The third-order valence-corrected chi connectivity index (χ3v) is 3.80. The molecule has 1 amide bonds. The van der Waals surface area contributed by atoms with Crippen LogP contribution in [0.2, 0.25) is 0 Å². The molecule has 0 heterocycles. The van der Waals surface area contributed by atoms with E-state index in [0.29, 0.717) is 25.9 Å². The summed E-state index contributed by atoms with van der Waals surface area (Å²) in [5.41, 5.74) is 5.32. The van der Waals surface area contributed by atoms with Crippen LogP contribution in [0.5, 0.6) is 0 Å². The van der Waals surface area contributed by atoms with Crippen LogP contribution in [0, 0.1) is 17.3 Å². The Morgan fingerprint density at radius 2 is 1.95 bits per heavy atom. The van der Waals surface area contributed by atoms with Crippen molar-refractivity contribution in [3.8, 4) is 0 Å². The van der Waals surface area contributed by atoms with Crippen LogP contribution in [0.1, 0.15) is 39.5 Å². The van der Waals surface area contributed by atoms with Gasteiger partial charge in [-0.05, 0) is 31.2 Å². The van der Waals surface area contributed by atoms with Gasteiger partial charge in [-0.25, -0.2) is 0 Å². The number of rotatable bonds is 4. The first-order valence-corrected chi connectivity index (χ1v) is 6.70. The Hall–Kier alpha value is -0.780. The van der Waals surface area contributed by atoms with E-state index in [2.05, 4.69) is 5.32 Å². The van der Waals surface area contributed by atoms with E-state index in [1.54, 1.807) is 0 Å². The molecular weight excluding hydrogens is 257 g/mol. The van der Waals surface area contributed by atoms with Crippen molar-refractivity contribution >= 4 is 5.91 Å². The molecule has 3 N–H and O–H groups in total. The van der Waals surface area contributed by atoms with Gasteiger partial charge in [-0.15, -0.1) is 0 Å². The van der Waals surface area contributed by atoms with Crippen LogP contribution in [-0.4, -0.2) is 25.2 Å². The highest BCUT2D eigenvalue weighted by molar-refractivity contribution is 5.78. The van der Waals surface area contributed by atoms with E-state index >= 15 is 0 Å². The second kappa shape index (κ2) is 6.11. The molecule has 3 nitrogen and oxygen atoms in total. The number of hydrogen-bond acceptors (Lipinski definition) is 2. The minimum absolute atomic E-state index is 0.0849. The zero-order valence-electron chi connectivity index (χ0n) is 11.5. The Labute approximate surface area is 112 Å². The molecule has 0 aliphatic heterocycles. The number of alkyl halides is 3. The second-order valence-corrected chi connectivity index (χ2v) is 6.19. The van der Waals surface area contributed by atoms with Crippen molar-refractivity contribution in [1.82, 2.24) is 5.32 Å². The van der Waals surface area contributed by atoms with Gasteiger partial charge in [-0.1, -0.05) is 20.3 Å². The van der Waals surface area contributed by atoms with Crippen molar-refractivity contribution in [1.29, 1.82) is 0 Å². The number of nitrogens with two attached hydrogens (primary N) is 1. The Balaban J connectivity index is 2.49. The third kappa shape index (κ3) is 5.01. The summed E-state index contributed by atoms with van der Waals surface area (Å²) >= 11 is 0. The van der Waals surface area contributed by atoms with Crippen LogP contribution in [0.4, 0.5) is 13.2 Å². The van der Waals surface area contributed by atoms with Gasteiger partial charge in [0.05, 0.1) is 5.92 Å². The molecule has 0 spiro atoms. The number of amides is 1. The predicted octanol–water partition coefficient (Wildman–Crippen LogP) is 2.46. The lowest BCUT2D eigenvalue weighted by Gasteiger charge is -2.31. The molecule has 0 aromatic carbocycles. The Morgan fingerprint density at radius 3 is 2.47 bits per heavy atom. The van der Waals surface area contributed by atoms with Gasteiger partial charge < -0.3 is 11.1 Å². The summed E-state index contributed by atoms with van der Waals surface area (Å²) in [7, 11) is 0. The first kappa shape index (κ1) is 16.3. The Morgan fingerprint density at radius 1 is 1.32 bits per heavy atom. The van der Waals surface area contributed by atoms with Gasteiger partial charge in [-0.2, -0.15) is 13.2 Å². The van der Waals surface area contributed by atoms with Gasteiger partial charge in [-0.3, -0.25) is 4.79 Å². The number of nitrogens with one attached hydrogen (secondary N) is 1. The molecular formula is C13H23F3N2O. The number of halogens is 3. The third-order valence-electron chi connectivity index (χ3n) is 3.80. The molecule has 0 radical (unpaired) electrons. The summed E-state index contributed by atoms with van der Waals surface area (Å²) in [6.07, 6.45) is -3.13. The van der Waals surface area contributed by atoms with E-state index in [-0.39, 0.29) is 24.2 Å². The van der Waals surface area contributed by atoms with E-state index in [9.17, 15) is 18.0 Å². The SMILES string of the molecule is CC(C)(CN)CNC(=O)C1CCCC(C(F)(F)F)C1. The van der Waals surface area contributed by atoms with E-state index in [4.69, 9.17) is 5.73 Å². The van der Waals surface area contributed by atoms with Crippen LogP contribution < -0.4 is 11.1 Å². The summed E-state index contributed by atoms with van der Waals surface area (Å²) in [6.45, 7) is 4.64. The highest BCUT2D eigenvalue weighted by atomic mass is 19.4. The number of hydrogen-bond donors (Lipinski definition) is 2. The number of carbonyl (C=O) groups is 1. The molecule has 0 bridgehead atoms. The van der Waals surface area contributed by atoms with Crippen LogP contribution >= 0.6 is 0 Å². The first-order chi connectivity index (χ1) is 8.65. The van der Waals surface area contributed by atoms with Crippen LogP contribution in [0.25, 0.3) is 0 Å². The van der Waals surface area contributed by atoms with Crippen molar-refractivity contribution in [3.63, 3.8) is 0 Å². The summed E-state index contributed by atoms with van der Waals surface area (Å²) in [5, 5.41) is 2.73. The van der Waals surface area contributed by atoms with Gasteiger partial charge in [0, 0.05) is 12.5 Å². The Kier molecular flexibility index (Phi) is 5.24. The van der Waals surface area contributed by atoms with Crippen molar-refractivity contribution < 1.29 is 18.0 Å². The molecule has 6 heteroatoms. The summed E-state index contributed by atoms with van der Waals surface area (Å²) in [6, 6.07) is 0. The smallest absolute Gasteiger partial charge is 0.355 e. The summed E-state index contributed by atoms with van der Waals surface area (Å²) < 4.78 is 38.0. The van der Waals surface area contributed by atoms with E-state index < -0.39 is 18.0 Å². The van der Waals surface area contributed by atoms with Crippen LogP contribution in [0.3, 0.4) is 0 Å². The van der Waals surface area contributed by atoms with E-state index in [1.807, 2.05) is 13.8 Å². The van der Waals surface area contributed by atoms with Gasteiger partial charge >= 0.3 is 6.18 Å². The van der Waals surface area contributed by atoms with E-state index in [1.165, 1.54) is 0 Å². The molecule has 0 aromatic rings. The molecule has 112 valence electrons. The van der Waals surface area contributed by atoms with Crippen molar-refractivity contribution in [2.24, 2.45) is 23.0 Å². The maximum Gasteiger partial charge on any atom is 0.391 e. The monoisotopic (exact) mass is 280 g/mol. The van der Waals surface area contributed by atoms with Gasteiger partial charge in [0.1, 0.15) is 0 Å². The first-order valence-electron chi connectivity index (χ1n) is 6.70. The molecule has 0 aromatic heterocycles. The molecule has 1 rings (SSSR count). The maximum absolute atomic E-state index is 12.7. The fraction of sp³-hybridized carbons (Fsp3) is 0.923. The summed E-state index contributed by atoms with van der Waals surface area (Å²) in [5.74, 6) is -2.12. The Bertz CT molecular complexity index is 316. The van der Waals surface area contributed by atoms with Crippen molar-refractivity contribution in [2.45, 2.75) is 45.7 Å². The van der Waals surface area contributed by atoms with Crippen molar-refractivity contribution in [3.05, 3.63) is 0 Å². The molecule has 1 saturated carbocycles. The molecule has 2 unspecified atom stereocenters. The van der Waals surface area contributed by atoms with Gasteiger partial charge in [0.25, 0.3) is 0 Å². The highest BCUT2D eigenvalue weighted by Gasteiger charge is 2.43. The zero-order chi connectivity index (χ0) is 14.7. The molecule has 0 saturated heterocycles. The lowest BCUT2D eigenvalue weighted by atomic mass is 9.80. The lowest BCUT2D eigenvalue weighted by molar-refractivity contribution is -0.186. The normalized spacial score (nSPS) is 25.2. The average Bonchev–Trinajstić information content (AvgIpc) is 2.35. The quantitative estimate of drug-likeness (QED) is 0.831. The topological polar surface area (TPSA) is 55.1 Å². The van der Waals surface area contributed by atoms with Crippen molar-refractivity contribution in [2.75, 3.05) is 13.1 Å². The van der Waals surface area contributed by atoms with Crippen LogP contribution in [0.15, 0.2) is 0 Å². The largest absolute Gasteiger partial charge is 0.391 e. The number of carbonyl (C=O) groups excluding carboxylic acids is 1. The second-order valence-electron chi connectivity index (χ2n) is 6.19. The molecule has 1 aliphatic rings. The highest BCUT2D eigenvalue weighted by Crippen LogP contribution is 2.39. The lowest BCUT2D eigenvalue weighted by Crippen LogP contribution is -2.42. The minimum atomic E-state index is -4.19. The molecule has 19 heavy (non-hydrogen) atoms. The standard InChI is InChI=1S/C13H23F3N2O/c1-12(2,7-17)8-18-11(19)9-4-3-5-10(6-9)13(14,15)16/h9-10H,3-8,17H2,1-2H3,(H,18,19). The predicted molar refractivity (Wildman–Crippen MR) is 67.3 cm³/mol. The minimum Gasteiger partial charge on any atom is -0.355 e. The van der Waals surface area contributed by atoms with E-state index in [0.717, 1.165) is 0 Å². The summed E-state index contributed by atoms with van der Waals surface area (Å²) in [4.78, 5) is 11.9. The van der Waals surface area contributed by atoms with Gasteiger partial charge in [0.15, 0.2) is 0 Å². The molecule has 1 fully saturated rings. The fourth-order valence-corrected chi connectivity index (χ4v) is 2.27. The zero-order valence-corrected chi connectivity index (χ0v) is 11.5. The molecule has 2 atom stereocenters. The average molecular weight is 280 g/mol. The van der Waals surface area contributed by atoms with Gasteiger partial charge in [0.2, 0.25) is 5.91 Å². The molecule has 1 aliphatic carbocycles. The fourth-order valence-electron chi connectivity index (χ4n) is 2.27. The van der Waals surface area contributed by atoms with Crippen LogP contribution in [-0.2, 0) is 4.79 Å².